The van der Waals surface area contributed by atoms with Gasteiger partial charge in [-0.05, 0) is 47.9 Å². The van der Waals surface area contributed by atoms with Gasteiger partial charge in [0.25, 0.3) is 0 Å². The third-order valence-corrected chi connectivity index (χ3v) is 5.01. The summed E-state index contributed by atoms with van der Waals surface area (Å²) in [6.45, 7) is 1.95. The van der Waals surface area contributed by atoms with Gasteiger partial charge in [0, 0.05) is 19.4 Å². The van der Waals surface area contributed by atoms with E-state index in [9.17, 15) is 4.79 Å². The van der Waals surface area contributed by atoms with Crippen molar-refractivity contribution in [2.45, 2.75) is 18.9 Å². The third-order valence-electron chi connectivity index (χ3n) is 5.01. The maximum Gasteiger partial charge on any atom is 0.231 e. The topological polar surface area (TPSA) is 76.5 Å². The molecule has 0 aliphatic carbocycles. The number of carbonyl (C=O) groups is 1. The molecule has 1 aliphatic heterocycles. The predicted molar refractivity (Wildman–Crippen MR) is 105 cm³/mol. The van der Waals surface area contributed by atoms with Gasteiger partial charge in [-0.15, -0.1) is 0 Å². The van der Waals surface area contributed by atoms with E-state index < -0.39 is 5.54 Å². The Hall–Kier alpha value is -3.41. The highest BCUT2D eigenvalue weighted by Crippen LogP contribution is 2.35. The van der Waals surface area contributed by atoms with Crippen molar-refractivity contribution < 1.29 is 4.79 Å². The lowest BCUT2D eigenvalue weighted by Crippen LogP contribution is -2.47. The monoisotopic (exact) mass is 359 g/mol. The molecule has 1 amide bonds. The summed E-state index contributed by atoms with van der Waals surface area (Å²) >= 11 is 0. The molecule has 0 radical (unpaired) electrons. The summed E-state index contributed by atoms with van der Waals surface area (Å²) in [6, 6.07) is 18.2. The van der Waals surface area contributed by atoms with Crippen molar-refractivity contribution >= 4 is 11.9 Å². The van der Waals surface area contributed by atoms with Gasteiger partial charge in [-0.3, -0.25) is 9.69 Å². The molecule has 3 aromatic rings. The number of benzene rings is 2. The van der Waals surface area contributed by atoms with E-state index in [2.05, 4.69) is 34.4 Å². The van der Waals surface area contributed by atoms with Crippen LogP contribution in [0.3, 0.4) is 0 Å². The highest BCUT2D eigenvalue weighted by atomic mass is 16.2. The summed E-state index contributed by atoms with van der Waals surface area (Å²) in [5, 5.41) is 4.29. The summed E-state index contributed by atoms with van der Waals surface area (Å²) in [6.07, 6.45) is 3.97. The Balaban J connectivity index is 1.74. The molecule has 1 aromatic heterocycles. The van der Waals surface area contributed by atoms with Crippen LogP contribution in [-0.4, -0.2) is 33.6 Å². The maximum absolute atomic E-state index is 12.3. The summed E-state index contributed by atoms with van der Waals surface area (Å²) in [7, 11) is 1.65. The Bertz CT molecular complexity index is 1020. The molecule has 0 bridgehead atoms. The number of carbonyl (C=O) groups excluding carboxylic acids is 1. The molecule has 2 heterocycles. The standard InChI is InChI=1S/C21H21N5O/c1-21(14-19(27)25(2)20(22)24-21)17-8-3-6-15(12-17)16-7-4-9-18(13-16)26-11-5-10-23-26/h3-13H,14H2,1-2H3,(H2,22,24). The number of aromatic nitrogens is 2. The van der Waals surface area contributed by atoms with Crippen LogP contribution in [0.4, 0.5) is 0 Å². The van der Waals surface area contributed by atoms with Gasteiger partial charge >= 0.3 is 0 Å². The summed E-state index contributed by atoms with van der Waals surface area (Å²) in [5.74, 6) is 0.218. The van der Waals surface area contributed by atoms with Gasteiger partial charge < -0.3 is 5.73 Å². The van der Waals surface area contributed by atoms with Gasteiger partial charge in [0.15, 0.2) is 5.96 Å². The smallest absolute Gasteiger partial charge is 0.231 e. The average Bonchev–Trinajstić information content (AvgIpc) is 3.21. The molecule has 136 valence electrons. The second-order valence-electron chi connectivity index (χ2n) is 6.96. The van der Waals surface area contributed by atoms with E-state index in [-0.39, 0.29) is 11.9 Å². The fourth-order valence-corrected chi connectivity index (χ4v) is 3.36. The molecule has 6 nitrogen and oxygen atoms in total. The van der Waals surface area contributed by atoms with Gasteiger partial charge in [-0.25, -0.2) is 9.67 Å². The molecule has 2 aromatic carbocycles. The van der Waals surface area contributed by atoms with Crippen molar-refractivity contribution in [3.63, 3.8) is 0 Å². The predicted octanol–water partition coefficient (Wildman–Crippen LogP) is 2.93. The van der Waals surface area contributed by atoms with Crippen LogP contribution >= 0.6 is 0 Å². The van der Waals surface area contributed by atoms with Crippen molar-refractivity contribution in [3.05, 3.63) is 72.6 Å². The quantitative estimate of drug-likeness (QED) is 0.781. The molecule has 2 N–H and O–H groups in total. The molecule has 4 rings (SSSR count). The van der Waals surface area contributed by atoms with Crippen LogP contribution < -0.4 is 5.73 Å². The molecule has 1 atom stereocenters. The first-order chi connectivity index (χ1) is 13.0. The van der Waals surface area contributed by atoms with E-state index in [0.717, 1.165) is 22.4 Å². The average molecular weight is 359 g/mol. The SMILES string of the molecule is CN1C(=O)CC(C)(c2cccc(-c3cccc(-n4cccn4)c3)c2)N=C1N. The number of hydrogen-bond acceptors (Lipinski definition) is 4. The van der Waals surface area contributed by atoms with Gasteiger partial charge in [-0.2, -0.15) is 5.10 Å². The van der Waals surface area contributed by atoms with Crippen molar-refractivity contribution in [3.8, 4) is 16.8 Å². The summed E-state index contributed by atoms with van der Waals surface area (Å²) < 4.78 is 1.83. The molecular weight excluding hydrogens is 338 g/mol. The van der Waals surface area contributed by atoms with Crippen LogP contribution in [0.25, 0.3) is 16.8 Å². The first-order valence-corrected chi connectivity index (χ1v) is 8.79. The van der Waals surface area contributed by atoms with Crippen molar-refractivity contribution in [1.82, 2.24) is 14.7 Å². The number of guanidine groups is 1. The second-order valence-corrected chi connectivity index (χ2v) is 6.96. The summed E-state index contributed by atoms with van der Waals surface area (Å²) in [5.41, 5.74) is 9.38. The molecule has 1 aliphatic rings. The second kappa shape index (κ2) is 6.39. The van der Waals surface area contributed by atoms with E-state index in [1.54, 1.807) is 13.2 Å². The Kier molecular flexibility index (Phi) is 4.03. The highest BCUT2D eigenvalue weighted by Gasteiger charge is 2.36. The lowest BCUT2D eigenvalue weighted by Gasteiger charge is -2.33. The Morgan fingerprint density at radius 2 is 1.81 bits per heavy atom. The number of amides is 1. The van der Waals surface area contributed by atoms with Gasteiger partial charge in [-0.1, -0.05) is 30.3 Å². The first-order valence-electron chi connectivity index (χ1n) is 8.79. The molecule has 0 fully saturated rings. The maximum atomic E-state index is 12.3. The largest absolute Gasteiger partial charge is 0.369 e. The Morgan fingerprint density at radius 1 is 1.07 bits per heavy atom. The molecule has 6 heteroatoms. The number of hydrogen-bond donors (Lipinski definition) is 1. The first kappa shape index (κ1) is 17.0. The lowest BCUT2D eigenvalue weighted by atomic mass is 9.86. The lowest BCUT2D eigenvalue weighted by molar-refractivity contribution is -0.128. The summed E-state index contributed by atoms with van der Waals surface area (Å²) in [4.78, 5) is 18.3. The number of nitrogens with zero attached hydrogens (tertiary/aromatic N) is 4. The zero-order valence-electron chi connectivity index (χ0n) is 15.3. The number of nitrogens with two attached hydrogens (primary N) is 1. The fraction of sp³-hybridized carbons (Fsp3) is 0.190. The minimum atomic E-state index is -0.663. The van der Waals surface area contributed by atoms with Gasteiger partial charge in [0.2, 0.25) is 5.91 Å². The van der Waals surface area contributed by atoms with Crippen molar-refractivity contribution in [2.75, 3.05) is 7.05 Å². The highest BCUT2D eigenvalue weighted by molar-refractivity contribution is 5.98. The van der Waals surface area contributed by atoms with Crippen LogP contribution in [0, 0.1) is 0 Å². The molecule has 0 saturated carbocycles. The van der Waals surface area contributed by atoms with Gasteiger partial charge in [0.1, 0.15) is 0 Å². The zero-order chi connectivity index (χ0) is 19.0. The molecule has 27 heavy (non-hydrogen) atoms. The minimum Gasteiger partial charge on any atom is -0.369 e. The third kappa shape index (κ3) is 3.10. The number of aliphatic imine (C=N–C) groups is 1. The molecule has 0 saturated heterocycles. The normalized spacial score (nSPS) is 19.9. The van der Waals surface area contributed by atoms with Crippen LogP contribution in [0.5, 0.6) is 0 Å². The van der Waals surface area contributed by atoms with Crippen LogP contribution in [0.1, 0.15) is 18.9 Å². The van der Waals surface area contributed by atoms with Crippen molar-refractivity contribution in [1.29, 1.82) is 0 Å². The van der Waals surface area contributed by atoms with Crippen LogP contribution in [-0.2, 0) is 10.3 Å². The molecular formula is C21H21N5O. The van der Waals surface area contributed by atoms with Crippen molar-refractivity contribution in [2.24, 2.45) is 10.7 Å². The van der Waals surface area contributed by atoms with Crippen LogP contribution in [0.2, 0.25) is 0 Å². The van der Waals surface area contributed by atoms with E-state index in [1.807, 2.05) is 48.1 Å². The zero-order valence-corrected chi connectivity index (χ0v) is 15.3. The van der Waals surface area contributed by atoms with Crippen LogP contribution in [0.15, 0.2) is 72.0 Å². The van der Waals surface area contributed by atoms with E-state index in [4.69, 9.17) is 5.73 Å². The Morgan fingerprint density at radius 3 is 2.52 bits per heavy atom. The van der Waals surface area contributed by atoms with E-state index in [0.29, 0.717) is 6.42 Å². The van der Waals surface area contributed by atoms with E-state index in [1.165, 1.54) is 4.90 Å². The molecule has 1 unspecified atom stereocenters. The van der Waals surface area contributed by atoms with Gasteiger partial charge in [0.05, 0.1) is 17.6 Å². The minimum absolute atomic E-state index is 0.0314. The fourth-order valence-electron chi connectivity index (χ4n) is 3.36. The Labute approximate surface area is 157 Å². The van der Waals surface area contributed by atoms with E-state index >= 15 is 0 Å². The number of rotatable bonds is 3. The molecule has 0 spiro atoms.